The average molecular weight is 248 g/mol. The summed E-state index contributed by atoms with van der Waals surface area (Å²) in [4.78, 5) is 0. The molecule has 0 bridgehead atoms. The van der Waals surface area contributed by atoms with Gasteiger partial charge in [0.15, 0.2) is 0 Å². The van der Waals surface area contributed by atoms with Crippen molar-refractivity contribution in [1.82, 2.24) is 10.2 Å². The van der Waals surface area contributed by atoms with Crippen LogP contribution in [0.15, 0.2) is 30.5 Å². The summed E-state index contributed by atoms with van der Waals surface area (Å²) >= 11 is 5.97. The minimum Gasteiger partial charge on any atom is -0.383 e. The molecule has 1 aromatic heterocycles. The molecule has 1 aliphatic rings. The number of halogens is 1. The fourth-order valence-electron chi connectivity index (χ4n) is 1.96. The highest BCUT2D eigenvalue weighted by Crippen LogP contribution is 2.46. The van der Waals surface area contributed by atoms with Crippen LogP contribution in [0.2, 0.25) is 0 Å². The Bertz CT molecular complexity index is 532. The fourth-order valence-corrected chi connectivity index (χ4v) is 2.33. The standard InChI is InChI=1S/C13H14ClN3/c14-8-13(5-6-13)9-15-12-7-16-17-11-4-2-1-3-10(11)12/h1-4,7H,5-6,8-9H2,(H,15,17). The van der Waals surface area contributed by atoms with Crippen LogP contribution in [0.5, 0.6) is 0 Å². The summed E-state index contributed by atoms with van der Waals surface area (Å²) in [5.41, 5.74) is 2.28. The lowest BCUT2D eigenvalue weighted by Gasteiger charge is -2.14. The number of hydrogen-bond acceptors (Lipinski definition) is 3. The molecule has 2 aromatic rings. The highest BCUT2D eigenvalue weighted by Gasteiger charge is 2.41. The van der Waals surface area contributed by atoms with E-state index in [1.165, 1.54) is 12.8 Å². The smallest absolute Gasteiger partial charge is 0.0950 e. The Kier molecular flexibility index (Phi) is 2.63. The van der Waals surface area contributed by atoms with Gasteiger partial charge in [0.1, 0.15) is 0 Å². The van der Waals surface area contributed by atoms with Crippen LogP contribution in [0.4, 0.5) is 5.69 Å². The van der Waals surface area contributed by atoms with Gasteiger partial charge >= 0.3 is 0 Å². The van der Waals surface area contributed by atoms with Gasteiger partial charge in [-0.1, -0.05) is 18.2 Å². The van der Waals surface area contributed by atoms with Crippen molar-refractivity contribution in [2.45, 2.75) is 12.8 Å². The number of anilines is 1. The Morgan fingerprint density at radius 1 is 1.29 bits per heavy atom. The summed E-state index contributed by atoms with van der Waals surface area (Å²) in [6.07, 6.45) is 4.23. The van der Waals surface area contributed by atoms with Crippen LogP contribution >= 0.6 is 11.6 Å². The zero-order valence-electron chi connectivity index (χ0n) is 9.49. The topological polar surface area (TPSA) is 37.8 Å². The van der Waals surface area contributed by atoms with Crippen LogP contribution in [-0.2, 0) is 0 Å². The predicted molar refractivity (Wildman–Crippen MR) is 70.4 cm³/mol. The molecule has 0 amide bonds. The van der Waals surface area contributed by atoms with Crippen LogP contribution < -0.4 is 5.32 Å². The van der Waals surface area contributed by atoms with E-state index in [1.807, 2.05) is 18.2 Å². The Hall–Kier alpha value is -1.35. The molecule has 1 saturated carbocycles. The molecular weight excluding hydrogens is 234 g/mol. The van der Waals surface area contributed by atoms with E-state index in [-0.39, 0.29) is 0 Å². The van der Waals surface area contributed by atoms with Crippen molar-refractivity contribution >= 4 is 28.2 Å². The van der Waals surface area contributed by atoms with Gasteiger partial charge in [-0.3, -0.25) is 0 Å². The van der Waals surface area contributed by atoms with Crippen molar-refractivity contribution in [3.05, 3.63) is 30.5 Å². The third-order valence-corrected chi connectivity index (χ3v) is 4.01. The van der Waals surface area contributed by atoms with Crippen molar-refractivity contribution in [1.29, 1.82) is 0 Å². The van der Waals surface area contributed by atoms with Crippen molar-refractivity contribution in [2.24, 2.45) is 5.41 Å². The van der Waals surface area contributed by atoms with E-state index in [2.05, 4.69) is 21.6 Å². The molecule has 88 valence electrons. The maximum atomic E-state index is 5.97. The summed E-state index contributed by atoms with van der Waals surface area (Å²) in [6.45, 7) is 0.923. The molecule has 1 heterocycles. The minimum atomic E-state index is 0.311. The normalized spacial score (nSPS) is 17.0. The summed E-state index contributed by atoms with van der Waals surface area (Å²) < 4.78 is 0. The van der Waals surface area contributed by atoms with Crippen LogP contribution in [0, 0.1) is 5.41 Å². The van der Waals surface area contributed by atoms with Gasteiger partial charge in [-0.25, -0.2) is 0 Å². The molecule has 4 heteroatoms. The molecule has 0 aliphatic heterocycles. The number of rotatable bonds is 4. The Morgan fingerprint density at radius 2 is 2.12 bits per heavy atom. The summed E-state index contributed by atoms with van der Waals surface area (Å²) in [5.74, 6) is 0.733. The van der Waals surface area contributed by atoms with Crippen LogP contribution in [0.25, 0.3) is 10.9 Å². The quantitative estimate of drug-likeness (QED) is 0.844. The second kappa shape index (κ2) is 4.15. The third kappa shape index (κ3) is 2.07. The number of alkyl halides is 1. The van der Waals surface area contributed by atoms with Gasteiger partial charge in [-0.2, -0.15) is 10.2 Å². The first-order chi connectivity index (χ1) is 8.33. The van der Waals surface area contributed by atoms with Gasteiger partial charge in [0.25, 0.3) is 0 Å². The molecule has 1 aliphatic carbocycles. The zero-order valence-corrected chi connectivity index (χ0v) is 10.2. The van der Waals surface area contributed by atoms with E-state index in [0.717, 1.165) is 29.0 Å². The van der Waals surface area contributed by atoms with E-state index in [9.17, 15) is 0 Å². The molecule has 1 N–H and O–H groups in total. The van der Waals surface area contributed by atoms with E-state index in [0.29, 0.717) is 5.41 Å². The Labute approximate surface area is 105 Å². The highest BCUT2D eigenvalue weighted by molar-refractivity contribution is 6.18. The van der Waals surface area contributed by atoms with Crippen molar-refractivity contribution in [2.75, 3.05) is 17.7 Å². The molecule has 0 spiro atoms. The monoisotopic (exact) mass is 247 g/mol. The van der Waals surface area contributed by atoms with E-state index in [4.69, 9.17) is 11.6 Å². The number of nitrogens with zero attached hydrogens (tertiary/aromatic N) is 2. The van der Waals surface area contributed by atoms with Crippen molar-refractivity contribution < 1.29 is 0 Å². The van der Waals surface area contributed by atoms with Gasteiger partial charge in [0.2, 0.25) is 0 Å². The van der Waals surface area contributed by atoms with E-state index in [1.54, 1.807) is 6.20 Å². The molecule has 1 aromatic carbocycles. The van der Waals surface area contributed by atoms with E-state index < -0.39 is 0 Å². The second-order valence-corrected chi connectivity index (χ2v) is 5.03. The number of hydrogen-bond donors (Lipinski definition) is 1. The molecule has 0 unspecified atom stereocenters. The summed E-state index contributed by atoms with van der Waals surface area (Å²) in [7, 11) is 0. The van der Waals surface area contributed by atoms with Gasteiger partial charge in [0, 0.05) is 23.2 Å². The van der Waals surface area contributed by atoms with Crippen LogP contribution in [-0.4, -0.2) is 22.6 Å². The lowest BCUT2D eigenvalue weighted by molar-refractivity contribution is 0.619. The fraction of sp³-hybridized carbons (Fsp3) is 0.385. The number of fused-ring (bicyclic) bond motifs is 1. The maximum Gasteiger partial charge on any atom is 0.0950 e. The predicted octanol–water partition coefficient (Wildman–Crippen LogP) is 3.06. The minimum absolute atomic E-state index is 0.311. The zero-order chi connectivity index (χ0) is 11.7. The molecule has 17 heavy (non-hydrogen) atoms. The first kappa shape index (κ1) is 10.8. The molecule has 0 radical (unpaired) electrons. The van der Waals surface area contributed by atoms with Gasteiger partial charge < -0.3 is 5.32 Å². The molecule has 3 rings (SSSR count). The van der Waals surface area contributed by atoms with Gasteiger partial charge in [-0.15, -0.1) is 11.6 Å². The third-order valence-electron chi connectivity index (χ3n) is 3.44. The Morgan fingerprint density at radius 3 is 2.88 bits per heavy atom. The highest BCUT2D eigenvalue weighted by atomic mass is 35.5. The average Bonchev–Trinajstić information content (AvgIpc) is 3.17. The first-order valence-corrected chi connectivity index (χ1v) is 6.37. The summed E-state index contributed by atoms with van der Waals surface area (Å²) in [5, 5.41) is 12.7. The Balaban J connectivity index is 1.85. The van der Waals surface area contributed by atoms with Crippen molar-refractivity contribution in [3.63, 3.8) is 0 Å². The number of benzene rings is 1. The van der Waals surface area contributed by atoms with Crippen LogP contribution in [0.1, 0.15) is 12.8 Å². The largest absolute Gasteiger partial charge is 0.383 e. The maximum absolute atomic E-state index is 5.97. The summed E-state index contributed by atoms with van der Waals surface area (Å²) in [6, 6.07) is 8.03. The lowest BCUT2D eigenvalue weighted by atomic mass is 10.1. The molecule has 1 fully saturated rings. The molecule has 0 atom stereocenters. The molecule has 0 saturated heterocycles. The number of nitrogens with one attached hydrogen (secondary N) is 1. The van der Waals surface area contributed by atoms with Gasteiger partial charge in [-0.05, 0) is 18.9 Å². The van der Waals surface area contributed by atoms with Gasteiger partial charge in [0.05, 0.1) is 17.4 Å². The van der Waals surface area contributed by atoms with Crippen molar-refractivity contribution in [3.8, 4) is 0 Å². The van der Waals surface area contributed by atoms with E-state index >= 15 is 0 Å². The SMILES string of the molecule is ClCC1(CNc2cnnc3ccccc23)CC1. The van der Waals surface area contributed by atoms with Crippen LogP contribution in [0.3, 0.4) is 0 Å². The lowest BCUT2D eigenvalue weighted by Crippen LogP contribution is -2.17. The second-order valence-electron chi connectivity index (χ2n) is 4.76. The first-order valence-electron chi connectivity index (χ1n) is 5.83. The number of aromatic nitrogens is 2. The molecular formula is C13H14ClN3. The molecule has 3 nitrogen and oxygen atoms in total.